The average Bonchev–Trinajstić information content (AvgIpc) is 2.46. The molecule has 2 heterocycles. The number of alkyl halides is 1. The van der Waals surface area contributed by atoms with Crippen LogP contribution in [0.2, 0.25) is 0 Å². The van der Waals surface area contributed by atoms with Gasteiger partial charge in [0, 0.05) is 17.9 Å². The molecule has 0 N–H and O–H groups in total. The Bertz CT molecular complexity index is 400. The molecule has 0 amide bonds. The fraction of sp³-hybridized carbons (Fsp3) is 0.750. The van der Waals surface area contributed by atoms with E-state index in [0.29, 0.717) is 16.7 Å². The number of piperidine rings is 1. The molecule has 6 nitrogen and oxygen atoms in total. The Morgan fingerprint density at radius 1 is 1.11 bits per heavy atom. The highest BCUT2D eigenvalue weighted by Gasteiger charge is 2.24. The van der Waals surface area contributed by atoms with E-state index in [1.54, 1.807) is 0 Å². The molecule has 0 spiro atoms. The summed E-state index contributed by atoms with van der Waals surface area (Å²) in [5.74, 6) is 1.34. The molecule has 2 rings (SSSR count). The van der Waals surface area contributed by atoms with E-state index in [9.17, 15) is 0 Å². The normalized spacial score (nSPS) is 18.2. The van der Waals surface area contributed by atoms with Crippen molar-refractivity contribution < 1.29 is 9.47 Å². The number of aromatic nitrogens is 3. The summed E-state index contributed by atoms with van der Waals surface area (Å²) < 4.78 is 10.1. The molecular formula is C12H19BrN4O2. The van der Waals surface area contributed by atoms with Crippen LogP contribution in [0.4, 0.5) is 5.95 Å². The zero-order valence-corrected chi connectivity index (χ0v) is 13.1. The van der Waals surface area contributed by atoms with Crippen LogP contribution in [-0.4, -0.2) is 47.1 Å². The van der Waals surface area contributed by atoms with E-state index < -0.39 is 0 Å². The summed E-state index contributed by atoms with van der Waals surface area (Å²) >= 11 is 3.66. The largest absolute Gasteiger partial charge is 0.467 e. The Morgan fingerprint density at radius 2 is 1.63 bits per heavy atom. The molecule has 1 aliphatic rings. The van der Waals surface area contributed by atoms with Gasteiger partial charge in [0.15, 0.2) is 0 Å². The molecular weight excluding hydrogens is 312 g/mol. The summed E-state index contributed by atoms with van der Waals surface area (Å²) in [7, 11) is 3.08. The van der Waals surface area contributed by atoms with Crippen LogP contribution in [0.5, 0.6) is 12.0 Å². The molecule has 1 aromatic rings. The summed E-state index contributed by atoms with van der Waals surface area (Å²) in [6, 6.07) is 0.579. The second kappa shape index (κ2) is 6.36. The predicted molar refractivity (Wildman–Crippen MR) is 76.3 cm³/mol. The maximum Gasteiger partial charge on any atom is 0.324 e. The number of anilines is 1. The van der Waals surface area contributed by atoms with Gasteiger partial charge in [-0.25, -0.2) is 0 Å². The zero-order valence-electron chi connectivity index (χ0n) is 11.5. The molecule has 1 aromatic heterocycles. The van der Waals surface area contributed by atoms with Crippen molar-refractivity contribution in [3.8, 4) is 12.0 Å². The van der Waals surface area contributed by atoms with E-state index in [1.165, 1.54) is 14.2 Å². The smallest absolute Gasteiger partial charge is 0.324 e. The third-order valence-electron chi connectivity index (χ3n) is 3.42. The number of methoxy groups -OCH3 is 2. The van der Waals surface area contributed by atoms with E-state index in [1.807, 2.05) is 0 Å². The molecule has 19 heavy (non-hydrogen) atoms. The summed E-state index contributed by atoms with van der Waals surface area (Å²) in [4.78, 5) is 15.3. The Kier molecular flexibility index (Phi) is 4.79. The molecule has 0 aliphatic carbocycles. The minimum Gasteiger partial charge on any atom is -0.467 e. The van der Waals surface area contributed by atoms with Gasteiger partial charge < -0.3 is 14.4 Å². The van der Waals surface area contributed by atoms with Gasteiger partial charge in [-0.05, 0) is 18.8 Å². The van der Waals surface area contributed by atoms with E-state index in [0.717, 1.165) is 25.9 Å². The molecule has 0 bridgehead atoms. The highest BCUT2D eigenvalue weighted by Crippen LogP contribution is 2.27. The second-order valence-electron chi connectivity index (χ2n) is 4.61. The molecule has 7 heteroatoms. The van der Waals surface area contributed by atoms with Gasteiger partial charge >= 0.3 is 12.0 Å². The lowest BCUT2D eigenvalue weighted by atomic mass is 9.94. The fourth-order valence-corrected chi connectivity index (χ4v) is 2.74. The molecule has 0 aromatic carbocycles. The van der Waals surface area contributed by atoms with Crippen LogP contribution < -0.4 is 14.4 Å². The number of rotatable bonds is 4. The van der Waals surface area contributed by atoms with Crippen molar-refractivity contribution in [3.05, 3.63) is 0 Å². The number of nitrogens with zero attached hydrogens (tertiary/aromatic N) is 4. The van der Waals surface area contributed by atoms with E-state index in [-0.39, 0.29) is 12.0 Å². The Balaban J connectivity index is 2.10. The molecule has 1 unspecified atom stereocenters. The third-order valence-corrected chi connectivity index (χ3v) is 4.17. The van der Waals surface area contributed by atoms with Crippen LogP contribution in [0.1, 0.15) is 19.8 Å². The molecule has 1 fully saturated rings. The van der Waals surface area contributed by atoms with Gasteiger partial charge in [0.2, 0.25) is 5.95 Å². The first kappa shape index (κ1) is 14.3. The summed E-state index contributed by atoms with van der Waals surface area (Å²) in [6.45, 7) is 4.09. The zero-order chi connectivity index (χ0) is 13.8. The van der Waals surface area contributed by atoms with Crippen molar-refractivity contribution in [2.45, 2.75) is 24.6 Å². The molecule has 106 valence electrons. The fourth-order valence-electron chi connectivity index (χ4n) is 2.21. The molecule has 1 atom stereocenters. The van der Waals surface area contributed by atoms with Gasteiger partial charge in [-0.15, -0.1) is 4.98 Å². The SMILES string of the molecule is COc1nc(OC)nc(N2CCC(C(C)Br)CC2)n1. The molecule has 1 saturated heterocycles. The van der Waals surface area contributed by atoms with Gasteiger partial charge in [-0.2, -0.15) is 9.97 Å². The van der Waals surface area contributed by atoms with Crippen LogP contribution in [0.25, 0.3) is 0 Å². The maximum atomic E-state index is 5.07. The lowest BCUT2D eigenvalue weighted by molar-refractivity contribution is 0.337. The lowest BCUT2D eigenvalue weighted by Crippen LogP contribution is -2.37. The van der Waals surface area contributed by atoms with Crippen LogP contribution >= 0.6 is 15.9 Å². The van der Waals surface area contributed by atoms with Crippen LogP contribution in [0.3, 0.4) is 0 Å². The number of hydrogen-bond acceptors (Lipinski definition) is 6. The number of halogens is 1. The molecule has 1 aliphatic heterocycles. The third kappa shape index (κ3) is 3.46. The van der Waals surface area contributed by atoms with Gasteiger partial charge in [0.1, 0.15) is 0 Å². The Morgan fingerprint density at radius 3 is 2.05 bits per heavy atom. The van der Waals surface area contributed by atoms with Crippen molar-refractivity contribution >= 4 is 21.9 Å². The van der Waals surface area contributed by atoms with Crippen molar-refractivity contribution in [2.24, 2.45) is 5.92 Å². The average molecular weight is 331 g/mol. The standard InChI is InChI=1S/C12H19BrN4O2/c1-8(13)9-4-6-17(7-5-9)10-14-11(18-2)16-12(15-10)19-3/h8-9H,4-7H2,1-3H3. The summed E-state index contributed by atoms with van der Waals surface area (Å²) in [6.07, 6.45) is 2.26. The maximum absolute atomic E-state index is 5.07. The quantitative estimate of drug-likeness (QED) is 0.785. The number of hydrogen-bond donors (Lipinski definition) is 0. The predicted octanol–water partition coefficient (Wildman–Crippen LogP) is 1.89. The first-order valence-corrected chi connectivity index (χ1v) is 7.28. The van der Waals surface area contributed by atoms with Crippen LogP contribution in [0, 0.1) is 5.92 Å². The lowest BCUT2D eigenvalue weighted by Gasteiger charge is -2.33. The minimum atomic E-state index is 0.290. The monoisotopic (exact) mass is 330 g/mol. The highest BCUT2D eigenvalue weighted by atomic mass is 79.9. The molecule has 0 saturated carbocycles. The summed E-state index contributed by atoms with van der Waals surface area (Å²) in [5.41, 5.74) is 0. The van der Waals surface area contributed by atoms with E-state index in [4.69, 9.17) is 9.47 Å². The van der Waals surface area contributed by atoms with Crippen LogP contribution in [0.15, 0.2) is 0 Å². The van der Waals surface area contributed by atoms with E-state index >= 15 is 0 Å². The van der Waals surface area contributed by atoms with E-state index in [2.05, 4.69) is 42.7 Å². The van der Waals surface area contributed by atoms with Crippen molar-refractivity contribution in [2.75, 3.05) is 32.2 Å². The Labute approximate surface area is 121 Å². The van der Waals surface area contributed by atoms with Gasteiger partial charge in [-0.1, -0.05) is 22.9 Å². The van der Waals surface area contributed by atoms with Gasteiger partial charge in [0.05, 0.1) is 14.2 Å². The molecule has 0 radical (unpaired) electrons. The first-order chi connectivity index (χ1) is 9.13. The van der Waals surface area contributed by atoms with Crippen molar-refractivity contribution in [1.82, 2.24) is 15.0 Å². The topological polar surface area (TPSA) is 60.4 Å². The van der Waals surface area contributed by atoms with Crippen molar-refractivity contribution in [3.63, 3.8) is 0 Å². The Hall–Kier alpha value is -1.11. The van der Waals surface area contributed by atoms with Crippen molar-refractivity contribution in [1.29, 1.82) is 0 Å². The summed E-state index contributed by atoms with van der Waals surface area (Å²) in [5, 5.41) is 0. The minimum absolute atomic E-state index is 0.290. The van der Waals surface area contributed by atoms with Gasteiger partial charge in [-0.3, -0.25) is 0 Å². The second-order valence-corrected chi connectivity index (χ2v) is 6.06. The van der Waals surface area contributed by atoms with Gasteiger partial charge in [0.25, 0.3) is 0 Å². The first-order valence-electron chi connectivity index (χ1n) is 6.37. The highest BCUT2D eigenvalue weighted by molar-refractivity contribution is 9.09. The van der Waals surface area contributed by atoms with Crippen LogP contribution in [-0.2, 0) is 0 Å². The number of ether oxygens (including phenoxy) is 2.